The third kappa shape index (κ3) is 3.52. The van der Waals surface area contributed by atoms with Crippen LogP contribution in [0.25, 0.3) is 11.6 Å². The largest absolute Gasteiger partial charge is 0.465 e. The lowest BCUT2D eigenvalue weighted by Crippen LogP contribution is -2.17. The molecule has 0 unspecified atom stereocenters. The van der Waals surface area contributed by atoms with Crippen LogP contribution >= 0.6 is 0 Å². The van der Waals surface area contributed by atoms with E-state index in [-0.39, 0.29) is 5.91 Å². The molecule has 4 rings (SSSR count). The van der Waals surface area contributed by atoms with Gasteiger partial charge in [-0.1, -0.05) is 17.7 Å². The number of hydrogen-bond acceptors (Lipinski definition) is 6. The number of aryl methyl sites for hydroxylation is 2. The molecule has 0 aliphatic carbocycles. The summed E-state index contributed by atoms with van der Waals surface area (Å²) >= 11 is 0. The van der Waals surface area contributed by atoms with Crippen LogP contribution in [-0.2, 0) is 6.54 Å². The maximum Gasteiger partial charge on any atom is 0.281 e. The van der Waals surface area contributed by atoms with Gasteiger partial charge in [-0.3, -0.25) is 4.79 Å². The maximum absolute atomic E-state index is 12.9. The number of aromatic nitrogens is 3. The number of carbonyl (C=O) groups excluding carboxylic acids is 1. The monoisotopic (exact) mass is 362 g/mol. The van der Waals surface area contributed by atoms with Gasteiger partial charge in [-0.2, -0.15) is 9.67 Å². The Hall–Kier alpha value is -3.61. The van der Waals surface area contributed by atoms with Crippen molar-refractivity contribution in [3.63, 3.8) is 0 Å². The van der Waals surface area contributed by atoms with Crippen molar-refractivity contribution < 1.29 is 13.6 Å². The molecule has 7 heteroatoms. The molecule has 1 N–H and O–H groups in total. The van der Waals surface area contributed by atoms with E-state index in [1.807, 2.05) is 38.1 Å². The fraction of sp³-hybridized carbons (Fsp3) is 0.150. The molecule has 3 aromatic heterocycles. The SMILES string of the molecule is Cc1ccc(C(=O)n2nc(-c3ccco3)nc2NCc2ccc(C)o2)cc1. The summed E-state index contributed by atoms with van der Waals surface area (Å²) in [6.07, 6.45) is 1.54. The van der Waals surface area contributed by atoms with Crippen LogP contribution in [-0.4, -0.2) is 20.7 Å². The highest BCUT2D eigenvalue weighted by Crippen LogP contribution is 2.20. The second-order valence-electron chi connectivity index (χ2n) is 6.19. The predicted octanol–water partition coefficient (Wildman–Crippen LogP) is 4.05. The minimum atomic E-state index is -0.279. The molecule has 0 aliphatic heterocycles. The number of nitrogens with one attached hydrogen (secondary N) is 1. The number of carbonyl (C=O) groups is 1. The number of rotatable bonds is 5. The number of anilines is 1. The van der Waals surface area contributed by atoms with Gasteiger partial charge in [0.25, 0.3) is 5.91 Å². The van der Waals surface area contributed by atoms with Crippen LogP contribution in [0.4, 0.5) is 5.95 Å². The van der Waals surface area contributed by atoms with E-state index in [1.54, 1.807) is 24.3 Å². The summed E-state index contributed by atoms with van der Waals surface area (Å²) in [5.41, 5.74) is 1.60. The van der Waals surface area contributed by atoms with E-state index in [2.05, 4.69) is 15.4 Å². The molecule has 0 bridgehead atoms. The minimum Gasteiger partial charge on any atom is -0.465 e. The predicted molar refractivity (Wildman–Crippen MR) is 99.4 cm³/mol. The molecule has 0 radical (unpaired) electrons. The van der Waals surface area contributed by atoms with Crippen molar-refractivity contribution in [1.29, 1.82) is 0 Å². The summed E-state index contributed by atoms with van der Waals surface area (Å²) in [6.45, 7) is 4.23. The van der Waals surface area contributed by atoms with Crippen LogP contribution in [0, 0.1) is 13.8 Å². The Bertz CT molecular complexity index is 1060. The van der Waals surface area contributed by atoms with E-state index in [1.165, 1.54) is 10.9 Å². The number of nitrogens with zero attached hydrogens (tertiary/aromatic N) is 3. The zero-order chi connectivity index (χ0) is 18.8. The molecular weight excluding hydrogens is 344 g/mol. The number of benzene rings is 1. The van der Waals surface area contributed by atoms with Gasteiger partial charge >= 0.3 is 0 Å². The zero-order valence-corrected chi connectivity index (χ0v) is 15.0. The van der Waals surface area contributed by atoms with E-state index in [0.717, 1.165) is 17.1 Å². The Balaban J connectivity index is 1.67. The van der Waals surface area contributed by atoms with Crippen molar-refractivity contribution in [2.24, 2.45) is 0 Å². The van der Waals surface area contributed by atoms with Gasteiger partial charge in [0.15, 0.2) is 5.76 Å². The van der Waals surface area contributed by atoms with E-state index in [4.69, 9.17) is 8.83 Å². The maximum atomic E-state index is 12.9. The number of furan rings is 2. The molecule has 7 nitrogen and oxygen atoms in total. The number of hydrogen-bond donors (Lipinski definition) is 1. The second-order valence-corrected chi connectivity index (χ2v) is 6.19. The summed E-state index contributed by atoms with van der Waals surface area (Å²) in [5.74, 6) is 2.42. The van der Waals surface area contributed by atoms with E-state index >= 15 is 0 Å². The molecule has 0 amide bonds. The molecule has 0 atom stereocenters. The Morgan fingerprint density at radius 3 is 2.59 bits per heavy atom. The Kier molecular flexibility index (Phi) is 4.33. The first-order valence-corrected chi connectivity index (χ1v) is 8.51. The third-order valence-electron chi connectivity index (χ3n) is 4.06. The lowest BCUT2D eigenvalue weighted by atomic mass is 10.1. The second kappa shape index (κ2) is 6.95. The molecule has 0 saturated heterocycles. The lowest BCUT2D eigenvalue weighted by Gasteiger charge is -2.06. The lowest BCUT2D eigenvalue weighted by molar-refractivity contribution is 0.0947. The van der Waals surface area contributed by atoms with Gasteiger partial charge < -0.3 is 14.2 Å². The standard InChI is InChI=1S/C20H18N4O3/c1-13-5-8-15(9-6-13)19(25)24-20(21-12-16-10-7-14(2)27-16)22-18(23-24)17-4-3-11-26-17/h3-11H,12H2,1-2H3,(H,21,22,23). The van der Waals surface area contributed by atoms with Crippen LogP contribution < -0.4 is 5.32 Å². The van der Waals surface area contributed by atoms with Gasteiger partial charge in [0.2, 0.25) is 11.8 Å². The zero-order valence-electron chi connectivity index (χ0n) is 15.0. The summed E-state index contributed by atoms with van der Waals surface area (Å²) in [4.78, 5) is 17.4. The van der Waals surface area contributed by atoms with Crippen molar-refractivity contribution >= 4 is 11.9 Å². The molecular formula is C20H18N4O3. The fourth-order valence-electron chi connectivity index (χ4n) is 2.64. The van der Waals surface area contributed by atoms with Crippen molar-refractivity contribution in [3.8, 4) is 11.6 Å². The summed E-state index contributed by atoms with van der Waals surface area (Å²) in [5, 5.41) is 7.46. The van der Waals surface area contributed by atoms with Crippen molar-refractivity contribution in [2.75, 3.05) is 5.32 Å². The molecule has 136 valence electrons. The molecule has 0 spiro atoms. The highest BCUT2D eigenvalue weighted by molar-refractivity contribution is 5.97. The minimum absolute atomic E-state index is 0.279. The first kappa shape index (κ1) is 16.8. The Morgan fingerprint density at radius 1 is 1.11 bits per heavy atom. The highest BCUT2D eigenvalue weighted by Gasteiger charge is 2.20. The first-order chi connectivity index (χ1) is 13.1. The topological polar surface area (TPSA) is 86.1 Å². The normalized spacial score (nSPS) is 10.9. The summed E-state index contributed by atoms with van der Waals surface area (Å²) in [6, 6.07) is 14.6. The molecule has 3 heterocycles. The van der Waals surface area contributed by atoms with Crippen molar-refractivity contribution in [1.82, 2.24) is 14.8 Å². The van der Waals surface area contributed by atoms with Gasteiger partial charge in [0.1, 0.15) is 11.5 Å². The van der Waals surface area contributed by atoms with Gasteiger partial charge in [-0.15, -0.1) is 5.10 Å². The van der Waals surface area contributed by atoms with Gasteiger partial charge in [0, 0.05) is 5.56 Å². The van der Waals surface area contributed by atoms with E-state index < -0.39 is 0 Å². The van der Waals surface area contributed by atoms with E-state index in [9.17, 15) is 4.79 Å². The molecule has 0 aliphatic rings. The molecule has 1 aromatic carbocycles. The smallest absolute Gasteiger partial charge is 0.281 e. The summed E-state index contributed by atoms with van der Waals surface area (Å²) < 4.78 is 12.2. The third-order valence-corrected chi connectivity index (χ3v) is 4.06. The van der Waals surface area contributed by atoms with Crippen molar-refractivity contribution in [3.05, 3.63) is 77.4 Å². The van der Waals surface area contributed by atoms with E-state index in [0.29, 0.717) is 29.6 Å². The van der Waals surface area contributed by atoms with Gasteiger partial charge in [-0.05, 0) is 50.2 Å². The molecule has 27 heavy (non-hydrogen) atoms. The highest BCUT2D eigenvalue weighted by atomic mass is 16.3. The van der Waals surface area contributed by atoms with Crippen LogP contribution in [0.3, 0.4) is 0 Å². The Morgan fingerprint density at radius 2 is 1.93 bits per heavy atom. The average molecular weight is 362 g/mol. The van der Waals surface area contributed by atoms with Gasteiger partial charge in [0.05, 0.1) is 12.8 Å². The Labute approximate surface area is 155 Å². The van der Waals surface area contributed by atoms with Crippen LogP contribution in [0.15, 0.2) is 63.6 Å². The quantitative estimate of drug-likeness (QED) is 0.576. The van der Waals surface area contributed by atoms with Crippen LogP contribution in [0.5, 0.6) is 0 Å². The summed E-state index contributed by atoms with van der Waals surface area (Å²) in [7, 11) is 0. The van der Waals surface area contributed by atoms with Crippen LogP contribution in [0.1, 0.15) is 27.4 Å². The molecule has 0 fully saturated rings. The van der Waals surface area contributed by atoms with Crippen molar-refractivity contribution in [2.45, 2.75) is 20.4 Å². The molecule has 0 saturated carbocycles. The fourth-order valence-corrected chi connectivity index (χ4v) is 2.64. The van der Waals surface area contributed by atoms with Gasteiger partial charge in [-0.25, -0.2) is 0 Å². The molecule has 4 aromatic rings. The van der Waals surface area contributed by atoms with Crippen LogP contribution in [0.2, 0.25) is 0 Å². The average Bonchev–Trinajstić information content (AvgIpc) is 3.40. The first-order valence-electron chi connectivity index (χ1n) is 8.51.